The standard InChI is InChI=1S/C16H25ClN2O/c1-3-15(18)9-13-5-6-14(17)10-16(13)19-7-4-8-20-12(2)11-19/h5-6,10,12,15H,3-4,7-9,11,18H2,1-2H3. The van der Waals surface area contributed by atoms with Crippen molar-refractivity contribution in [2.75, 3.05) is 24.6 Å². The Labute approximate surface area is 127 Å². The third-order valence-electron chi connectivity index (χ3n) is 3.85. The van der Waals surface area contributed by atoms with Crippen LogP contribution in [-0.2, 0) is 11.2 Å². The van der Waals surface area contributed by atoms with E-state index in [1.54, 1.807) is 0 Å². The molecule has 1 fully saturated rings. The van der Waals surface area contributed by atoms with Gasteiger partial charge in [-0.15, -0.1) is 0 Å². The van der Waals surface area contributed by atoms with E-state index in [-0.39, 0.29) is 12.1 Å². The molecule has 3 nitrogen and oxygen atoms in total. The normalized spacial score (nSPS) is 21.6. The second kappa shape index (κ2) is 7.30. The lowest BCUT2D eigenvalue weighted by Crippen LogP contribution is -2.32. The van der Waals surface area contributed by atoms with Crippen molar-refractivity contribution in [1.82, 2.24) is 0 Å². The molecular weight excluding hydrogens is 272 g/mol. The first-order valence-electron chi connectivity index (χ1n) is 7.50. The molecule has 2 unspecified atom stereocenters. The zero-order valence-electron chi connectivity index (χ0n) is 12.4. The van der Waals surface area contributed by atoms with Gasteiger partial charge in [0.2, 0.25) is 0 Å². The van der Waals surface area contributed by atoms with Crippen molar-refractivity contribution < 1.29 is 4.74 Å². The summed E-state index contributed by atoms with van der Waals surface area (Å²) in [5.41, 5.74) is 8.63. The van der Waals surface area contributed by atoms with Crippen LogP contribution in [-0.4, -0.2) is 31.8 Å². The Bertz CT molecular complexity index is 438. The number of hydrogen-bond donors (Lipinski definition) is 1. The highest BCUT2D eigenvalue weighted by Gasteiger charge is 2.19. The van der Waals surface area contributed by atoms with Crippen molar-refractivity contribution in [1.29, 1.82) is 0 Å². The lowest BCUT2D eigenvalue weighted by Gasteiger charge is -2.27. The molecule has 1 aliphatic heterocycles. The van der Waals surface area contributed by atoms with Crippen molar-refractivity contribution in [2.45, 2.75) is 45.3 Å². The second-order valence-corrected chi connectivity index (χ2v) is 6.06. The number of nitrogens with two attached hydrogens (primary N) is 1. The van der Waals surface area contributed by atoms with E-state index in [1.165, 1.54) is 11.3 Å². The maximum Gasteiger partial charge on any atom is 0.0721 e. The Balaban J connectivity index is 2.25. The molecule has 0 bridgehead atoms. The Morgan fingerprint density at radius 1 is 1.50 bits per heavy atom. The molecule has 2 atom stereocenters. The van der Waals surface area contributed by atoms with Crippen LogP contribution in [0.4, 0.5) is 5.69 Å². The monoisotopic (exact) mass is 296 g/mol. The number of rotatable bonds is 4. The molecule has 0 radical (unpaired) electrons. The van der Waals surface area contributed by atoms with Crippen LogP contribution in [0.5, 0.6) is 0 Å². The van der Waals surface area contributed by atoms with Gasteiger partial charge in [-0.2, -0.15) is 0 Å². The number of benzene rings is 1. The topological polar surface area (TPSA) is 38.5 Å². The molecule has 1 aliphatic rings. The molecule has 20 heavy (non-hydrogen) atoms. The van der Waals surface area contributed by atoms with E-state index >= 15 is 0 Å². The summed E-state index contributed by atoms with van der Waals surface area (Å²) in [4.78, 5) is 2.39. The summed E-state index contributed by atoms with van der Waals surface area (Å²) in [7, 11) is 0. The van der Waals surface area contributed by atoms with Gasteiger partial charge in [-0.3, -0.25) is 0 Å². The summed E-state index contributed by atoms with van der Waals surface area (Å²) >= 11 is 6.19. The molecule has 1 saturated heterocycles. The predicted molar refractivity (Wildman–Crippen MR) is 85.7 cm³/mol. The first-order valence-corrected chi connectivity index (χ1v) is 7.88. The van der Waals surface area contributed by atoms with Crippen LogP contribution < -0.4 is 10.6 Å². The van der Waals surface area contributed by atoms with Crippen LogP contribution in [0.3, 0.4) is 0 Å². The molecule has 2 rings (SSSR count). The molecule has 1 heterocycles. The van der Waals surface area contributed by atoms with Gasteiger partial charge in [-0.05, 0) is 43.9 Å². The van der Waals surface area contributed by atoms with Gasteiger partial charge in [0.1, 0.15) is 0 Å². The van der Waals surface area contributed by atoms with Gasteiger partial charge < -0.3 is 15.4 Å². The van der Waals surface area contributed by atoms with E-state index in [4.69, 9.17) is 22.1 Å². The first-order chi connectivity index (χ1) is 9.60. The number of anilines is 1. The van der Waals surface area contributed by atoms with Crippen molar-refractivity contribution in [3.05, 3.63) is 28.8 Å². The lowest BCUT2D eigenvalue weighted by molar-refractivity contribution is 0.0821. The number of halogens is 1. The van der Waals surface area contributed by atoms with Crippen molar-refractivity contribution in [2.24, 2.45) is 5.73 Å². The predicted octanol–water partition coefficient (Wildman–Crippen LogP) is 3.24. The summed E-state index contributed by atoms with van der Waals surface area (Å²) in [6.07, 6.45) is 3.19. The molecule has 0 saturated carbocycles. The minimum absolute atomic E-state index is 0.204. The Kier molecular flexibility index (Phi) is 5.70. The molecule has 1 aromatic rings. The molecule has 0 aromatic heterocycles. The third kappa shape index (κ3) is 4.11. The fraction of sp³-hybridized carbons (Fsp3) is 0.625. The van der Waals surface area contributed by atoms with Crippen LogP contribution in [0.1, 0.15) is 32.3 Å². The highest BCUT2D eigenvalue weighted by molar-refractivity contribution is 6.30. The fourth-order valence-corrected chi connectivity index (χ4v) is 2.81. The lowest BCUT2D eigenvalue weighted by atomic mass is 10.0. The minimum Gasteiger partial charge on any atom is -0.377 e. The van der Waals surface area contributed by atoms with Gasteiger partial charge in [-0.1, -0.05) is 24.6 Å². The fourth-order valence-electron chi connectivity index (χ4n) is 2.64. The summed E-state index contributed by atoms with van der Waals surface area (Å²) in [5, 5.41) is 0.784. The molecule has 0 spiro atoms. The van der Waals surface area contributed by atoms with Crippen LogP contribution in [0.25, 0.3) is 0 Å². The second-order valence-electron chi connectivity index (χ2n) is 5.63. The Morgan fingerprint density at radius 2 is 2.30 bits per heavy atom. The average molecular weight is 297 g/mol. The van der Waals surface area contributed by atoms with Gasteiger partial charge in [-0.25, -0.2) is 0 Å². The largest absolute Gasteiger partial charge is 0.377 e. The zero-order valence-corrected chi connectivity index (χ0v) is 13.2. The zero-order chi connectivity index (χ0) is 14.5. The van der Waals surface area contributed by atoms with E-state index in [1.807, 2.05) is 6.07 Å². The van der Waals surface area contributed by atoms with E-state index in [2.05, 4.69) is 30.9 Å². The highest BCUT2D eigenvalue weighted by atomic mass is 35.5. The number of hydrogen-bond acceptors (Lipinski definition) is 3. The van der Waals surface area contributed by atoms with Crippen molar-refractivity contribution in [3.63, 3.8) is 0 Å². The number of nitrogens with zero attached hydrogens (tertiary/aromatic N) is 1. The Hall–Kier alpha value is -0.770. The maximum absolute atomic E-state index is 6.19. The smallest absolute Gasteiger partial charge is 0.0721 e. The van der Waals surface area contributed by atoms with Gasteiger partial charge in [0, 0.05) is 36.4 Å². The van der Waals surface area contributed by atoms with Crippen LogP contribution in [0, 0.1) is 0 Å². The molecule has 0 amide bonds. The first kappa shape index (κ1) is 15.6. The van der Waals surface area contributed by atoms with E-state index in [9.17, 15) is 0 Å². The summed E-state index contributed by atoms with van der Waals surface area (Å²) in [5.74, 6) is 0. The molecule has 4 heteroatoms. The van der Waals surface area contributed by atoms with Gasteiger partial charge in [0.15, 0.2) is 0 Å². The van der Waals surface area contributed by atoms with E-state index in [0.717, 1.165) is 44.0 Å². The third-order valence-corrected chi connectivity index (χ3v) is 4.08. The molecule has 2 N–H and O–H groups in total. The average Bonchev–Trinajstić information content (AvgIpc) is 2.65. The summed E-state index contributed by atoms with van der Waals surface area (Å²) in [6.45, 7) is 7.01. The van der Waals surface area contributed by atoms with Crippen LogP contribution >= 0.6 is 11.6 Å². The molecule has 1 aromatic carbocycles. The van der Waals surface area contributed by atoms with Gasteiger partial charge in [0.05, 0.1) is 6.10 Å². The molecule has 0 aliphatic carbocycles. The maximum atomic E-state index is 6.19. The summed E-state index contributed by atoms with van der Waals surface area (Å²) < 4.78 is 5.73. The summed E-state index contributed by atoms with van der Waals surface area (Å²) in [6, 6.07) is 6.34. The van der Waals surface area contributed by atoms with E-state index < -0.39 is 0 Å². The Morgan fingerprint density at radius 3 is 3.05 bits per heavy atom. The molecule has 112 valence electrons. The quantitative estimate of drug-likeness (QED) is 0.927. The van der Waals surface area contributed by atoms with Crippen molar-refractivity contribution in [3.8, 4) is 0 Å². The van der Waals surface area contributed by atoms with Crippen molar-refractivity contribution >= 4 is 17.3 Å². The number of ether oxygens (including phenoxy) is 1. The highest BCUT2D eigenvalue weighted by Crippen LogP contribution is 2.27. The SMILES string of the molecule is CCC(N)Cc1ccc(Cl)cc1N1CCCOC(C)C1. The van der Waals surface area contributed by atoms with Crippen LogP contribution in [0.15, 0.2) is 18.2 Å². The van der Waals surface area contributed by atoms with E-state index in [0.29, 0.717) is 0 Å². The van der Waals surface area contributed by atoms with Crippen LogP contribution in [0.2, 0.25) is 5.02 Å². The molecular formula is C16H25ClN2O. The van der Waals surface area contributed by atoms with Gasteiger partial charge >= 0.3 is 0 Å². The van der Waals surface area contributed by atoms with Gasteiger partial charge in [0.25, 0.3) is 0 Å². The minimum atomic E-state index is 0.204.